The van der Waals surface area contributed by atoms with Gasteiger partial charge in [-0.3, -0.25) is 4.98 Å². The van der Waals surface area contributed by atoms with Gasteiger partial charge in [0.05, 0.1) is 12.4 Å². The van der Waals surface area contributed by atoms with Gasteiger partial charge in [-0.2, -0.15) is 0 Å². The third-order valence-corrected chi connectivity index (χ3v) is 3.25. The van der Waals surface area contributed by atoms with Gasteiger partial charge < -0.3 is 15.5 Å². The Hall–Kier alpha value is -1.36. The predicted octanol–water partition coefficient (Wildman–Crippen LogP) is 1.66. The molecule has 2 heterocycles. The Morgan fingerprint density at radius 1 is 1.33 bits per heavy atom. The SMILES string of the molecule is CCCNc1cncc(NCC2CCN(C)C2)n1. The molecule has 0 bridgehead atoms. The minimum absolute atomic E-state index is 0.726. The summed E-state index contributed by atoms with van der Waals surface area (Å²) in [5, 5.41) is 6.63. The topological polar surface area (TPSA) is 53.1 Å². The van der Waals surface area contributed by atoms with E-state index in [0.29, 0.717) is 0 Å². The summed E-state index contributed by atoms with van der Waals surface area (Å²) in [4.78, 5) is 11.1. The molecule has 0 spiro atoms. The van der Waals surface area contributed by atoms with Crippen molar-refractivity contribution in [1.29, 1.82) is 0 Å². The van der Waals surface area contributed by atoms with E-state index in [1.165, 1.54) is 19.5 Å². The molecule has 1 unspecified atom stereocenters. The van der Waals surface area contributed by atoms with Crippen LogP contribution in [0.4, 0.5) is 11.6 Å². The molecule has 0 amide bonds. The maximum absolute atomic E-state index is 4.49. The zero-order valence-corrected chi connectivity index (χ0v) is 11.3. The van der Waals surface area contributed by atoms with E-state index in [9.17, 15) is 0 Å². The number of hydrogen-bond donors (Lipinski definition) is 2. The summed E-state index contributed by atoms with van der Waals surface area (Å²) < 4.78 is 0. The van der Waals surface area contributed by atoms with E-state index >= 15 is 0 Å². The lowest BCUT2D eigenvalue weighted by Gasteiger charge is -2.12. The molecule has 1 saturated heterocycles. The smallest absolute Gasteiger partial charge is 0.146 e. The van der Waals surface area contributed by atoms with Gasteiger partial charge in [0, 0.05) is 19.6 Å². The Morgan fingerprint density at radius 3 is 2.78 bits per heavy atom. The lowest BCUT2D eigenvalue weighted by Crippen LogP contribution is -2.19. The number of rotatable bonds is 6. The molecule has 100 valence electrons. The van der Waals surface area contributed by atoms with Gasteiger partial charge in [0.2, 0.25) is 0 Å². The van der Waals surface area contributed by atoms with Crippen molar-refractivity contribution in [3.8, 4) is 0 Å². The van der Waals surface area contributed by atoms with Crippen molar-refractivity contribution in [1.82, 2.24) is 14.9 Å². The van der Waals surface area contributed by atoms with Gasteiger partial charge in [0.15, 0.2) is 0 Å². The third kappa shape index (κ3) is 3.84. The first kappa shape index (κ1) is 13.1. The van der Waals surface area contributed by atoms with Crippen molar-refractivity contribution in [2.45, 2.75) is 19.8 Å². The fourth-order valence-corrected chi connectivity index (χ4v) is 2.23. The molecule has 1 aliphatic heterocycles. The largest absolute Gasteiger partial charge is 0.369 e. The van der Waals surface area contributed by atoms with Gasteiger partial charge in [-0.15, -0.1) is 0 Å². The summed E-state index contributed by atoms with van der Waals surface area (Å²) in [6.45, 7) is 6.44. The average Bonchev–Trinajstić information content (AvgIpc) is 2.80. The lowest BCUT2D eigenvalue weighted by molar-refractivity contribution is 0.399. The second-order valence-corrected chi connectivity index (χ2v) is 5.01. The van der Waals surface area contributed by atoms with Crippen LogP contribution in [-0.2, 0) is 0 Å². The Balaban J connectivity index is 1.81. The summed E-state index contributed by atoms with van der Waals surface area (Å²) in [7, 11) is 2.18. The molecule has 2 rings (SSSR count). The summed E-state index contributed by atoms with van der Waals surface area (Å²) in [6.07, 6.45) is 5.92. The molecule has 18 heavy (non-hydrogen) atoms. The Kier molecular flexibility index (Phi) is 4.75. The van der Waals surface area contributed by atoms with Gasteiger partial charge in [-0.25, -0.2) is 4.98 Å². The van der Waals surface area contributed by atoms with Crippen LogP contribution in [0.5, 0.6) is 0 Å². The molecule has 0 radical (unpaired) electrons. The highest BCUT2D eigenvalue weighted by atomic mass is 15.1. The van der Waals surface area contributed by atoms with Crippen LogP contribution >= 0.6 is 0 Å². The Labute approximate surface area is 109 Å². The van der Waals surface area contributed by atoms with E-state index in [2.05, 4.69) is 39.5 Å². The van der Waals surface area contributed by atoms with E-state index < -0.39 is 0 Å². The molecule has 2 N–H and O–H groups in total. The monoisotopic (exact) mass is 249 g/mol. The average molecular weight is 249 g/mol. The molecule has 0 aromatic carbocycles. The van der Waals surface area contributed by atoms with Gasteiger partial charge in [-0.05, 0) is 32.4 Å². The first-order chi connectivity index (χ1) is 8.78. The third-order valence-electron chi connectivity index (χ3n) is 3.25. The van der Waals surface area contributed by atoms with Crippen LogP contribution in [0.25, 0.3) is 0 Å². The van der Waals surface area contributed by atoms with Crippen molar-refractivity contribution in [2.75, 3.05) is 43.9 Å². The van der Waals surface area contributed by atoms with Crippen molar-refractivity contribution in [2.24, 2.45) is 5.92 Å². The van der Waals surface area contributed by atoms with E-state index in [1.807, 2.05) is 0 Å². The standard InChI is InChI=1S/C13H23N5/c1-3-5-15-12-8-14-9-13(17-12)16-7-11-4-6-18(2)10-11/h8-9,11H,3-7,10H2,1-2H3,(H2,15,16,17). The summed E-state index contributed by atoms with van der Waals surface area (Å²) in [6, 6.07) is 0. The van der Waals surface area contributed by atoms with Crippen molar-refractivity contribution >= 4 is 11.6 Å². The van der Waals surface area contributed by atoms with Crippen LogP contribution in [0.3, 0.4) is 0 Å². The molecule has 0 saturated carbocycles. The molecular formula is C13H23N5. The van der Waals surface area contributed by atoms with Crippen LogP contribution < -0.4 is 10.6 Å². The quantitative estimate of drug-likeness (QED) is 0.803. The zero-order valence-electron chi connectivity index (χ0n) is 11.3. The summed E-state index contributed by atoms with van der Waals surface area (Å²) >= 11 is 0. The maximum Gasteiger partial charge on any atom is 0.146 e. The zero-order chi connectivity index (χ0) is 12.8. The van der Waals surface area contributed by atoms with Gasteiger partial charge in [0.25, 0.3) is 0 Å². The Bertz CT molecular complexity index is 368. The predicted molar refractivity (Wildman–Crippen MR) is 74.9 cm³/mol. The maximum atomic E-state index is 4.49. The number of nitrogens with zero attached hydrogens (tertiary/aromatic N) is 3. The van der Waals surface area contributed by atoms with E-state index in [0.717, 1.165) is 37.1 Å². The second kappa shape index (κ2) is 6.54. The molecule has 1 atom stereocenters. The van der Waals surface area contributed by atoms with Crippen molar-refractivity contribution < 1.29 is 0 Å². The van der Waals surface area contributed by atoms with Crippen LogP contribution in [0, 0.1) is 5.92 Å². The number of aromatic nitrogens is 2. The molecular weight excluding hydrogens is 226 g/mol. The lowest BCUT2D eigenvalue weighted by atomic mass is 10.1. The highest BCUT2D eigenvalue weighted by Gasteiger charge is 2.18. The fourth-order valence-electron chi connectivity index (χ4n) is 2.23. The fraction of sp³-hybridized carbons (Fsp3) is 0.692. The number of anilines is 2. The van der Waals surface area contributed by atoms with E-state index in [4.69, 9.17) is 0 Å². The number of hydrogen-bond acceptors (Lipinski definition) is 5. The Morgan fingerprint density at radius 2 is 2.11 bits per heavy atom. The van der Waals surface area contributed by atoms with Crippen LogP contribution in [-0.4, -0.2) is 48.1 Å². The minimum Gasteiger partial charge on any atom is -0.369 e. The van der Waals surface area contributed by atoms with E-state index in [-0.39, 0.29) is 0 Å². The minimum atomic E-state index is 0.726. The van der Waals surface area contributed by atoms with Gasteiger partial charge in [-0.1, -0.05) is 6.92 Å². The highest BCUT2D eigenvalue weighted by molar-refractivity contribution is 5.41. The first-order valence-electron chi connectivity index (χ1n) is 6.76. The number of nitrogens with one attached hydrogen (secondary N) is 2. The van der Waals surface area contributed by atoms with Gasteiger partial charge >= 0.3 is 0 Å². The molecule has 1 fully saturated rings. The normalized spacial score (nSPS) is 20.0. The van der Waals surface area contributed by atoms with Crippen molar-refractivity contribution in [3.63, 3.8) is 0 Å². The molecule has 0 aliphatic carbocycles. The molecule has 1 aromatic heterocycles. The van der Waals surface area contributed by atoms with Crippen molar-refractivity contribution in [3.05, 3.63) is 12.4 Å². The molecule has 1 aromatic rings. The van der Waals surface area contributed by atoms with Gasteiger partial charge in [0.1, 0.15) is 11.6 Å². The first-order valence-corrected chi connectivity index (χ1v) is 6.76. The molecule has 1 aliphatic rings. The molecule has 5 heteroatoms. The molecule has 5 nitrogen and oxygen atoms in total. The second-order valence-electron chi connectivity index (χ2n) is 5.01. The summed E-state index contributed by atoms with van der Waals surface area (Å²) in [5.74, 6) is 2.44. The van der Waals surface area contributed by atoms with Crippen LogP contribution in [0.15, 0.2) is 12.4 Å². The van der Waals surface area contributed by atoms with Crippen LogP contribution in [0.2, 0.25) is 0 Å². The summed E-state index contributed by atoms with van der Waals surface area (Å²) in [5.41, 5.74) is 0. The van der Waals surface area contributed by atoms with Crippen LogP contribution in [0.1, 0.15) is 19.8 Å². The van der Waals surface area contributed by atoms with E-state index in [1.54, 1.807) is 12.4 Å². The highest BCUT2D eigenvalue weighted by Crippen LogP contribution is 2.15. The number of likely N-dealkylation sites (tertiary alicyclic amines) is 1.